The van der Waals surface area contributed by atoms with E-state index in [2.05, 4.69) is 10.6 Å². The Morgan fingerprint density at radius 3 is 2.27 bits per heavy atom. The number of nitrogens with zero attached hydrogens (tertiary/aromatic N) is 1. The molecule has 2 aromatic carbocycles. The number of nitrogens with one attached hydrogen (secondary N) is 2. The van der Waals surface area contributed by atoms with Crippen LogP contribution in [0.2, 0.25) is 0 Å². The van der Waals surface area contributed by atoms with Crippen molar-refractivity contribution in [1.82, 2.24) is 10.6 Å². The predicted octanol–water partition coefficient (Wildman–Crippen LogP) is 3.68. The van der Waals surface area contributed by atoms with E-state index in [1.54, 1.807) is 48.5 Å². The average molecular weight is 405 g/mol. The van der Waals surface area contributed by atoms with E-state index in [-0.39, 0.29) is 11.4 Å². The Morgan fingerprint density at radius 2 is 1.67 bits per heavy atom. The highest BCUT2D eigenvalue weighted by molar-refractivity contribution is 6.05. The first-order chi connectivity index (χ1) is 14.4. The minimum atomic E-state index is -0.483. The molecule has 0 unspecified atom stereocenters. The molecule has 0 bridgehead atoms. The lowest BCUT2D eigenvalue weighted by Gasteiger charge is -2.08. The molecule has 0 spiro atoms. The van der Waals surface area contributed by atoms with Crippen LogP contribution in [0, 0.1) is 17.0 Å². The van der Waals surface area contributed by atoms with Gasteiger partial charge in [0.25, 0.3) is 17.5 Å². The molecule has 0 radical (unpaired) electrons. The Balaban J connectivity index is 1.83. The first-order valence-corrected chi connectivity index (χ1v) is 9.04. The van der Waals surface area contributed by atoms with Crippen molar-refractivity contribution in [3.63, 3.8) is 0 Å². The van der Waals surface area contributed by atoms with Crippen molar-refractivity contribution in [1.29, 1.82) is 0 Å². The molecule has 2 N–H and O–H groups in total. The van der Waals surface area contributed by atoms with Crippen molar-refractivity contribution in [2.75, 3.05) is 7.05 Å². The SMILES string of the molecule is CNC(=O)/C(=C\c1ccc(-c2ccc([N+](=O)[O-])cc2)o1)NC(=O)c1ccc(C)cc1. The van der Waals surface area contributed by atoms with Crippen LogP contribution < -0.4 is 10.6 Å². The third-order valence-corrected chi connectivity index (χ3v) is 4.31. The van der Waals surface area contributed by atoms with E-state index in [4.69, 9.17) is 4.42 Å². The van der Waals surface area contributed by atoms with Crippen molar-refractivity contribution in [3.8, 4) is 11.3 Å². The van der Waals surface area contributed by atoms with Gasteiger partial charge in [0, 0.05) is 36.4 Å². The van der Waals surface area contributed by atoms with Crippen LogP contribution in [0.5, 0.6) is 0 Å². The maximum Gasteiger partial charge on any atom is 0.269 e. The lowest BCUT2D eigenvalue weighted by molar-refractivity contribution is -0.384. The molecule has 1 aromatic heterocycles. The van der Waals surface area contributed by atoms with E-state index in [1.165, 1.54) is 25.3 Å². The number of nitro groups is 1. The van der Waals surface area contributed by atoms with Gasteiger partial charge in [0.1, 0.15) is 17.2 Å². The first kappa shape index (κ1) is 20.5. The fourth-order valence-corrected chi connectivity index (χ4v) is 2.67. The van der Waals surface area contributed by atoms with E-state index >= 15 is 0 Å². The van der Waals surface area contributed by atoms with Gasteiger partial charge in [-0.05, 0) is 43.3 Å². The van der Waals surface area contributed by atoms with Crippen LogP contribution in [0.4, 0.5) is 5.69 Å². The summed E-state index contributed by atoms with van der Waals surface area (Å²) in [6, 6.07) is 16.2. The molecule has 0 fully saturated rings. The number of carbonyl (C=O) groups excluding carboxylic acids is 2. The van der Waals surface area contributed by atoms with Gasteiger partial charge >= 0.3 is 0 Å². The largest absolute Gasteiger partial charge is 0.457 e. The zero-order valence-electron chi connectivity index (χ0n) is 16.3. The molecule has 0 saturated heterocycles. The second-order valence-electron chi connectivity index (χ2n) is 6.46. The molecular formula is C22H19N3O5. The van der Waals surface area contributed by atoms with Gasteiger partial charge in [0.05, 0.1) is 4.92 Å². The zero-order chi connectivity index (χ0) is 21.7. The summed E-state index contributed by atoms with van der Waals surface area (Å²) >= 11 is 0. The highest BCUT2D eigenvalue weighted by atomic mass is 16.6. The highest BCUT2D eigenvalue weighted by Crippen LogP contribution is 2.25. The second kappa shape index (κ2) is 8.87. The summed E-state index contributed by atoms with van der Waals surface area (Å²) in [7, 11) is 1.46. The zero-order valence-corrected chi connectivity index (χ0v) is 16.3. The summed E-state index contributed by atoms with van der Waals surface area (Å²) in [6.45, 7) is 1.91. The molecule has 3 rings (SSSR count). The van der Waals surface area contributed by atoms with Crippen molar-refractivity contribution >= 4 is 23.6 Å². The van der Waals surface area contributed by atoms with Crippen LogP contribution in [-0.4, -0.2) is 23.8 Å². The van der Waals surface area contributed by atoms with E-state index in [9.17, 15) is 19.7 Å². The number of amides is 2. The van der Waals surface area contributed by atoms with E-state index in [0.29, 0.717) is 22.6 Å². The molecule has 0 atom stereocenters. The van der Waals surface area contributed by atoms with Gasteiger partial charge in [-0.25, -0.2) is 0 Å². The molecule has 8 nitrogen and oxygen atoms in total. The van der Waals surface area contributed by atoms with Crippen LogP contribution in [0.3, 0.4) is 0 Å². The number of benzene rings is 2. The third-order valence-electron chi connectivity index (χ3n) is 4.31. The van der Waals surface area contributed by atoms with Crippen LogP contribution >= 0.6 is 0 Å². The smallest absolute Gasteiger partial charge is 0.269 e. The molecule has 0 aliphatic heterocycles. The van der Waals surface area contributed by atoms with Crippen molar-refractivity contribution < 1.29 is 18.9 Å². The number of carbonyl (C=O) groups is 2. The molecule has 0 aliphatic carbocycles. The lowest BCUT2D eigenvalue weighted by atomic mass is 10.1. The van der Waals surface area contributed by atoms with Crippen LogP contribution in [-0.2, 0) is 4.79 Å². The van der Waals surface area contributed by atoms with Crippen molar-refractivity contribution in [3.05, 3.63) is 93.4 Å². The maximum absolute atomic E-state index is 12.5. The number of hydrogen-bond donors (Lipinski definition) is 2. The van der Waals surface area contributed by atoms with Gasteiger partial charge in [-0.3, -0.25) is 19.7 Å². The van der Waals surface area contributed by atoms with E-state index in [0.717, 1.165) is 5.56 Å². The molecule has 8 heteroatoms. The minimum Gasteiger partial charge on any atom is -0.457 e. The van der Waals surface area contributed by atoms with Crippen molar-refractivity contribution in [2.24, 2.45) is 0 Å². The molecule has 152 valence electrons. The Bertz CT molecular complexity index is 1110. The molecule has 1 heterocycles. The molecule has 0 aliphatic rings. The maximum atomic E-state index is 12.5. The number of furan rings is 1. The molecule has 30 heavy (non-hydrogen) atoms. The fourth-order valence-electron chi connectivity index (χ4n) is 2.67. The van der Waals surface area contributed by atoms with E-state index in [1.807, 2.05) is 6.92 Å². The first-order valence-electron chi connectivity index (χ1n) is 9.04. The Hall–Kier alpha value is -4.20. The Morgan fingerprint density at radius 1 is 1.00 bits per heavy atom. The van der Waals surface area contributed by atoms with Gasteiger partial charge in [-0.2, -0.15) is 0 Å². The Kier molecular flexibility index (Phi) is 6.07. The second-order valence-corrected chi connectivity index (χ2v) is 6.46. The summed E-state index contributed by atoms with van der Waals surface area (Å²) < 4.78 is 5.72. The van der Waals surface area contributed by atoms with Crippen LogP contribution in [0.25, 0.3) is 17.4 Å². The van der Waals surface area contributed by atoms with E-state index < -0.39 is 16.7 Å². The standard InChI is InChI=1S/C22H19N3O5/c1-14-3-5-16(6-4-14)21(26)24-19(22(27)23-2)13-18-11-12-20(30-18)15-7-9-17(10-8-15)25(28)29/h3-13H,1-2H3,(H,23,27)(H,24,26)/b19-13+. The summed E-state index contributed by atoms with van der Waals surface area (Å²) in [4.78, 5) is 35.0. The number of hydrogen-bond acceptors (Lipinski definition) is 5. The Labute approximate surface area is 172 Å². The molecular weight excluding hydrogens is 386 g/mol. The predicted molar refractivity (Wildman–Crippen MR) is 111 cm³/mol. The number of rotatable bonds is 6. The minimum absolute atomic E-state index is 0.0210. The normalized spacial score (nSPS) is 11.1. The molecule has 0 saturated carbocycles. The van der Waals surface area contributed by atoms with Crippen LogP contribution in [0.1, 0.15) is 21.7 Å². The molecule has 2 amide bonds. The lowest BCUT2D eigenvalue weighted by Crippen LogP contribution is -2.33. The third kappa shape index (κ3) is 4.79. The van der Waals surface area contributed by atoms with Gasteiger partial charge < -0.3 is 15.1 Å². The number of aryl methyl sites for hydroxylation is 1. The van der Waals surface area contributed by atoms with Gasteiger partial charge in [-0.1, -0.05) is 17.7 Å². The summed E-state index contributed by atoms with van der Waals surface area (Å²) in [5.74, 6) is -0.0980. The number of likely N-dealkylation sites (N-methyl/N-ethyl adjacent to an activating group) is 1. The fraction of sp³-hybridized carbons (Fsp3) is 0.0909. The topological polar surface area (TPSA) is 114 Å². The number of nitro benzene ring substituents is 1. The van der Waals surface area contributed by atoms with Gasteiger partial charge in [0.2, 0.25) is 0 Å². The van der Waals surface area contributed by atoms with Gasteiger partial charge in [0.15, 0.2) is 0 Å². The summed E-state index contributed by atoms with van der Waals surface area (Å²) in [5.41, 5.74) is 2.08. The van der Waals surface area contributed by atoms with Gasteiger partial charge in [-0.15, -0.1) is 0 Å². The van der Waals surface area contributed by atoms with Crippen molar-refractivity contribution in [2.45, 2.75) is 6.92 Å². The average Bonchev–Trinajstić information content (AvgIpc) is 3.21. The highest BCUT2D eigenvalue weighted by Gasteiger charge is 2.15. The quantitative estimate of drug-likeness (QED) is 0.369. The van der Waals surface area contributed by atoms with Crippen LogP contribution in [0.15, 0.2) is 70.8 Å². The number of non-ortho nitro benzene ring substituents is 1. The molecule has 3 aromatic rings. The monoisotopic (exact) mass is 405 g/mol. The summed E-state index contributed by atoms with van der Waals surface area (Å²) in [6.07, 6.45) is 1.42. The summed E-state index contributed by atoms with van der Waals surface area (Å²) in [5, 5.41) is 15.9.